The van der Waals surface area contributed by atoms with E-state index in [-0.39, 0.29) is 11.9 Å². The van der Waals surface area contributed by atoms with Crippen LogP contribution in [0.15, 0.2) is 36.7 Å². The van der Waals surface area contributed by atoms with E-state index in [1.807, 2.05) is 25.1 Å². The highest BCUT2D eigenvalue weighted by Crippen LogP contribution is 2.24. The lowest BCUT2D eigenvalue weighted by Crippen LogP contribution is -2.29. The monoisotopic (exact) mass is 464 g/mol. The number of nitrogens with one attached hydrogen (secondary N) is 4. The minimum absolute atomic E-state index is 0.257. The molecule has 34 heavy (non-hydrogen) atoms. The molecule has 0 radical (unpaired) electrons. The van der Waals surface area contributed by atoms with Crippen LogP contribution in [-0.2, 0) is 7.05 Å². The average Bonchev–Trinajstić information content (AvgIpc) is 3.51. The van der Waals surface area contributed by atoms with E-state index in [0.717, 1.165) is 16.9 Å². The molecule has 0 bridgehead atoms. The summed E-state index contributed by atoms with van der Waals surface area (Å²) in [7, 11) is 3.36. The van der Waals surface area contributed by atoms with Crippen molar-refractivity contribution >= 4 is 34.1 Å². The summed E-state index contributed by atoms with van der Waals surface area (Å²) in [6.45, 7) is 2.78. The number of aryl methyl sites for hydroxylation is 2. The molecular weight excluding hydrogens is 439 g/mol. The lowest BCUT2D eigenvalue weighted by atomic mass is 10.2. The Labute approximate surface area is 194 Å². The Morgan fingerprint density at radius 2 is 2.09 bits per heavy atom. The summed E-state index contributed by atoms with van der Waals surface area (Å²) in [5.74, 6) is 0.671. The fraction of sp³-hybridized carbons (Fsp3) is 0.318. The van der Waals surface area contributed by atoms with E-state index in [4.69, 9.17) is 0 Å². The van der Waals surface area contributed by atoms with E-state index in [0.29, 0.717) is 41.6 Å². The average molecular weight is 465 g/mol. The number of hydrogen-bond acceptors (Lipinski definition) is 8. The molecule has 4 heterocycles. The zero-order valence-corrected chi connectivity index (χ0v) is 19.0. The molecule has 0 aliphatic carbocycles. The van der Waals surface area contributed by atoms with Crippen molar-refractivity contribution < 1.29 is 9.18 Å². The molecular formula is C22H25FN10O. The van der Waals surface area contributed by atoms with Crippen LogP contribution in [0.3, 0.4) is 0 Å². The van der Waals surface area contributed by atoms with Crippen molar-refractivity contribution in [1.82, 2.24) is 40.2 Å². The number of benzene rings is 1. The van der Waals surface area contributed by atoms with Crippen LogP contribution >= 0.6 is 0 Å². The number of halogens is 1. The smallest absolute Gasteiger partial charge is 0.272 e. The Bertz CT molecular complexity index is 1360. The van der Waals surface area contributed by atoms with Crippen molar-refractivity contribution in [2.75, 3.05) is 30.8 Å². The highest BCUT2D eigenvalue weighted by Gasteiger charge is 2.27. The molecule has 176 valence electrons. The van der Waals surface area contributed by atoms with E-state index in [2.05, 4.69) is 41.4 Å². The molecule has 2 atom stereocenters. The van der Waals surface area contributed by atoms with Crippen molar-refractivity contribution in [2.24, 2.45) is 7.05 Å². The van der Waals surface area contributed by atoms with Gasteiger partial charge in [-0.2, -0.15) is 15.2 Å². The van der Waals surface area contributed by atoms with Gasteiger partial charge in [-0.05, 0) is 25.1 Å². The number of anilines is 3. The Kier molecular flexibility index (Phi) is 5.57. The van der Waals surface area contributed by atoms with Gasteiger partial charge >= 0.3 is 0 Å². The Hall–Kier alpha value is -4.06. The van der Waals surface area contributed by atoms with Gasteiger partial charge in [0.05, 0.1) is 29.1 Å². The molecule has 1 aliphatic rings. The van der Waals surface area contributed by atoms with Crippen LogP contribution in [0.25, 0.3) is 16.7 Å². The van der Waals surface area contributed by atoms with Gasteiger partial charge < -0.3 is 21.3 Å². The third-order valence-corrected chi connectivity index (χ3v) is 5.80. The molecule has 1 saturated heterocycles. The Balaban J connectivity index is 1.39. The highest BCUT2D eigenvalue weighted by atomic mass is 19.1. The van der Waals surface area contributed by atoms with Crippen LogP contribution in [0.4, 0.5) is 21.7 Å². The quantitative estimate of drug-likeness (QED) is 0.340. The van der Waals surface area contributed by atoms with Crippen molar-refractivity contribution in [3.05, 3.63) is 48.0 Å². The number of carbonyl (C=O) groups excluding carboxylic acids is 1. The molecule has 1 aliphatic heterocycles. The van der Waals surface area contributed by atoms with Crippen molar-refractivity contribution in [2.45, 2.75) is 19.1 Å². The minimum atomic E-state index is -0.946. The predicted molar refractivity (Wildman–Crippen MR) is 126 cm³/mol. The fourth-order valence-corrected chi connectivity index (χ4v) is 4.00. The topological polar surface area (TPSA) is 127 Å². The third kappa shape index (κ3) is 4.03. The maximum atomic E-state index is 14.0. The van der Waals surface area contributed by atoms with Gasteiger partial charge in [-0.3, -0.25) is 9.48 Å². The first kappa shape index (κ1) is 21.8. The fourth-order valence-electron chi connectivity index (χ4n) is 4.00. The van der Waals surface area contributed by atoms with Gasteiger partial charge in [0.1, 0.15) is 6.17 Å². The molecule has 11 nitrogen and oxygen atoms in total. The van der Waals surface area contributed by atoms with Crippen LogP contribution in [0.5, 0.6) is 0 Å². The first-order chi connectivity index (χ1) is 16.4. The van der Waals surface area contributed by atoms with Gasteiger partial charge in [-0.15, -0.1) is 0 Å². The predicted octanol–water partition coefficient (Wildman–Crippen LogP) is 1.68. The molecule has 4 N–H and O–H groups in total. The number of aromatic nitrogens is 6. The van der Waals surface area contributed by atoms with Crippen LogP contribution in [0.2, 0.25) is 0 Å². The summed E-state index contributed by atoms with van der Waals surface area (Å²) in [4.78, 5) is 21.1. The highest BCUT2D eigenvalue weighted by molar-refractivity contribution is 6.05. The lowest BCUT2D eigenvalue weighted by molar-refractivity contribution is 0.0959. The van der Waals surface area contributed by atoms with Crippen molar-refractivity contribution in [1.29, 1.82) is 0 Å². The van der Waals surface area contributed by atoms with Gasteiger partial charge in [0.2, 0.25) is 5.95 Å². The number of carbonyl (C=O) groups is 1. The van der Waals surface area contributed by atoms with Gasteiger partial charge in [-0.1, -0.05) is 0 Å². The summed E-state index contributed by atoms with van der Waals surface area (Å²) in [6.07, 6.45) is 2.48. The Morgan fingerprint density at radius 1 is 1.24 bits per heavy atom. The molecule has 1 fully saturated rings. The second-order valence-corrected chi connectivity index (χ2v) is 8.14. The second-order valence-electron chi connectivity index (χ2n) is 8.14. The first-order valence-corrected chi connectivity index (χ1v) is 10.9. The zero-order chi connectivity index (χ0) is 23.8. The number of hydrogen-bond donors (Lipinski definition) is 4. The summed E-state index contributed by atoms with van der Waals surface area (Å²) in [5.41, 5.74) is 3.39. The number of rotatable bonds is 6. The molecule has 12 heteroatoms. The summed E-state index contributed by atoms with van der Waals surface area (Å²) >= 11 is 0. The SMILES string of the molecule is CNC(=O)c1nn(C)c2ccc(Nc3nccc(-n4cc(N[C@H]5CNC[C@@H]5F)c(C)n4)n3)cc12. The normalized spacial score (nSPS) is 17.8. The van der Waals surface area contributed by atoms with Gasteiger partial charge in [0.25, 0.3) is 5.91 Å². The van der Waals surface area contributed by atoms with Crippen LogP contribution in [0, 0.1) is 6.92 Å². The molecule has 0 spiro atoms. The number of nitrogens with zero attached hydrogens (tertiary/aromatic N) is 6. The number of fused-ring (bicyclic) bond motifs is 1. The molecule has 0 saturated carbocycles. The molecule has 0 unspecified atom stereocenters. The third-order valence-electron chi connectivity index (χ3n) is 5.80. The van der Waals surface area contributed by atoms with E-state index in [1.54, 1.807) is 41.9 Å². The van der Waals surface area contributed by atoms with Crippen molar-refractivity contribution in [3.8, 4) is 5.82 Å². The maximum Gasteiger partial charge on any atom is 0.272 e. The van der Waals surface area contributed by atoms with Gasteiger partial charge in [-0.25, -0.2) is 14.1 Å². The lowest BCUT2D eigenvalue weighted by Gasteiger charge is -2.14. The second kappa shape index (κ2) is 8.71. The van der Waals surface area contributed by atoms with Gasteiger partial charge in [0, 0.05) is 50.5 Å². The zero-order valence-electron chi connectivity index (χ0n) is 19.0. The molecule has 1 aromatic carbocycles. The minimum Gasteiger partial charge on any atom is -0.375 e. The van der Waals surface area contributed by atoms with E-state index >= 15 is 0 Å². The van der Waals surface area contributed by atoms with Crippen molar-refractivity contribution in [3.63, 3.8) is 0 Å². The standard InChI is InChI=1S/C22H25FN10O/c1-12-17(28-16-10-25-9-15(16)23)11-33(30-12)19-6-7-26-22(29-19)27-13-4-5-18-14(8-13)20(21(34)24-2)31-32(18)3/h4-8,11,15-16,25,28H,9-10H2,1-3H3,(H,24,34)(H,26,27,29)/t15-,16-/m0/s1. The first-order valence-electron chi connectivity index (χ1n) is 10.9. The van der Waals surface area contributed by atoms with Crippen LogP contribution < -0.4 is 21.3 Å². The summed E-state index contributed by atoms with van der Waals surface area (Å²) in [5, 5.41) is 21.6. The summed E-state index contributed by atoms with van der Waals surface area (Å²) in [6, 6.07) is 7.04. The van der Waals surface area contributed by atoms with Crippen LogP contribution in [-0.4, -0.2) is 67.8 Å². The molecule has 5 rings (SSSR count). The van der Waals surface area contributed by atoms with Gasteiger partial charge in [0.15, 0.2) is 11.5 Å². The Morgan fingerprint density at radius 3 is 2.85 bits per heavy atom. The summed E-state index contributed by atoms with van der Waals surface area (Å²) < 4.78 is 17.3. The molecule has 3 aromatic heterocycles. The van der Waals surface area contributed by atoms with E-state index in [1.165, 1.54) is 0 Å². The largest absolute Gasteiger partial charge is 0.375 e. The van der Waals surface area contributed by atoms with E-state index in [9.17, 15) is 9.18 Å². The maximum absolute atomic E-state index is 14.0. The van der Waals surface area contributed by atoms with E-state index < -0.39 is 6.17 Å². The molecule has 4 aromatic rings. The van der Waals surface area contributed by atoms with Crippen LogP contribution in [0.1, 0.15) is 16.2 Å². The molecule has 1 amide bonds. The number of alkyl halides is 1. The number of amides is 1.